The van der Waals surface area contributed by atoms with Gasteiger partial charge in [-0.3, -0.25) is 9.59 Å². The molecule has 1 atom stereocenters. The van der Waals surface area contributed by atoms with E-state index in [0.717, 1.165) is 16.9 Å². The molecular formula is C25H28ClN3O5. The van der Waals surface area contributed by atoms with Crippen molar-refractivity contribution < 1.29 is 23.9 Å². The van der Waals surface area contributed by atoms with Crippen molar-refractivity contribution in [3.63, 3.8) is 0 Å². The largest absolute Gasteiger partial charge is 0.490 e. The summed E-state index contributed by atoms with van der Waals surface area (Å²) in [7, 11) is 0. The summed E-state index contributed by atoms with van der Waals surface area (Å²) in [4.78, 5) is 38.4. The van der Waals surface area contributed by atoms with Crippen molar-refractivity contribution in [2.24, 2.45) is 0 Å². The first-order chi connectivity index (χ1) is 16.2. The Morgan fingerprint density at radius 3 is 2.56 bits per heavy atom. The fourth-order valence-electron chi connectivity index (χ4n) is 3.20. The van der Waals surface area contributed by atoms with E-state index in [1.54, 1.807) is 24.3 Å². The van der Waals surface area contributed by atoms with Crippen LogP contribution in [-0.4, -0.2) is 42.0 Å². The summed E-state index contributed by atoms with van der Waals surface area (Å²) in [6.07, 6.45) is 2.22. The SMILES string of the molecule is CCOc1cc(/C=C2/NC(=O)N(CC(=O)Nc3ccc(C)cc3)C2=O)cc(Cl)c1OC(C)CC. The number of ether oxygens (including phenoxy) is 2. The molecule has 0 bridgehead atoms. The van der Waals surface area contributed by atoms with Crippen molar-refractivity contribution in [2.45, 2.75) is 40.2 Å². The summed E-state index contributed by atoms with van der Waals surface area (Å²) >= 11 is 6.44. The van der Waals surface area contributed by atoms with Gasteiger partial charge < -0.3 is 20.1 Å². The second kappa shape index (κ2) is 11.1. The zero-order chi connectivity index (χ0) is 24.8. The Balaban J connectivity index is 1.77. The lowest BCUT2D eigenvalue weighted by molar-refractivity contribution is -0.127. The van der Waals surface area contributed by atoms with Gasteiger partial charge in [0.2, 0.25) is 5.91 Å². The van der Waals surface area contributed by atoms with Gasteiger partial charge in [0.1, 0.15) is 12.2 Å². The number of hydrogen-bond acceptors (Lipinski definition) is 5. The summed E-state index contributed by atoms with van der Waals surface area (Å²) in [6.45, 7) is 7.68. The third-order valence-electron chi connectivity index (χ3n) is 5.14. The minimum atomic E-state index is -0.678. The monoisotopic (exact) mass is 485 g/mol. The number of carbonyl (C=O) groups is 3. The number of nitrogens with one attached hydrogen (secondary N) is 2. The minimum Gasteiger partial charge on any atom is -0.490 e. The molecule has 1 unspecified atom stereocenters. The van der Waals surface area contributed by atoms with Crippen LogP contribution in [0.2, 0.25) is 5.02 Å². The summed E-state index contributed by atoms with van der Waals surface area (Å²) < 4.78 is 11.6. The van der Waals surface area contributed by atoms with E-state index in [9.17, 15) is 14.4 Å². The number of amides is 4. The first kappa shape index (κ1) is 25.1. The van der Waals surface area contributed by atoms with E-state index >= 15 is 0 Å². The molecule has 0 spiro atoms. The Morgan fingerprint density at radius 1 is 1.21 bits per heavy atom. The highest BCUT2D eigenvalue weighted by Gasteiger charge is 2.35. The highest BCUT2D eigenvalue weighted by Crippen LogP contribution is 2.38. The maximum Gasteiger partial charge on any atom is 0.329 e. The highest BCUT2D eigenvalue weighted by atomic mass is 35.5. The fraction of sp³-hybridized carbons (Fsp3) is 0.320. The molecule has 1 saturated heterocycles. The van der Waals surface area contributed by atoms with Gasteiger partial charge in [-0.2, -0.15) is 0 Å². The number of rotatable bonds is 9. The van der Waals surface area contributed by atoms with E-state index in [1.165, 1.54) is 6.08 Å². The van der Waals surface area contributed by atoms with E-state index < -0.39 is 24.4 Å². The van der Waals surface area contributed by atoms with Gasteiger partial charge in [0.25, 0.3) is 5.91 Å². The number of carbonyl (C=O) groups excluding carboxylic acids is 3. The molecule has 2 aromatic rings. The second-order valence-electron chi connectivity index (χ2n) is 7.89. The number of halogens is 1. The van der Waals surface area contributed by atoms with Crippen molar-refractivity contribution in [3.05, 3.63) is 58.2 Å². The van der Waals surface area contributed by atoms with Crippen LogP contribution in [0.25, 0.3) is 6.08 Å². The molecule has 8 nitrogen and oxygen atoms in total. The number of imide groups is 1. The molecule has 2 aromatic carbocycles. The first-order valence-corrected chi connectivity index (χ1v) is 11.4. The van der Waals surface area contributed by atoms with Crippen LogP contribution in [0.1, 0.15) is 38.3 Å². The zero-order valence-corrected chi connectivity index (χ0v) is 20.4. The summed E-state index contributed by atoms with van der Waals surface area (Å²) in [6, 6.07) is 9.84. The van der Waals surface area contributed by atoms with Crippen molar-refractivity contribution in [1.29, 1.82) is 0 Å². The molecule has 0 aliphatic carbocycles. The molecule has 0 saturated carbocycles. The normalized spacial score (nSPS) is 15.3. The average Bonchev–Trinajstić information content (AvgIpc) is 3.05. The van der Waals surface area contributed by atoms with Gasteiger partial charge in [0, 0.05) is 5.69 Å². The lowest BCUT2D eigenvalue weighted by atomic mass is 10.1. The van der Waals surface area contributed by atoms with Crippen molar-refractivity contribution in [1.82, 2.24) is 10.2 Å². The predicted octanol–water partition coefficient (Wildman–Crippen LogP) is 4.76. The van der Waals surface area contributed by atoms with Gasteiger partial charge in [-0.15, -0.1) is 0 Å². The van der Waals surface area contributed by atoms with E-state index in [4.69, 9.17) is 21.1 Å². The topological polar surface area (TPSA) is 97.0 Å². The molecule has 0 aromatic heterocycles. The van der Waals surface area contributed by atoms with Crippen LogP contribution in [0.3, 0.4) is 0 Å². The fourth-order valence-corrected chi connectivity index (χ4v) is 3.46. The van der Waals surface area contributed by atoms with E-state index in [-0.39, 0.29) is 11.8 Å². The maximum atomic E-state index is 12.8. The zero-order valence-electron chi connectivity index (χ0n) is 19.6. The molecular weight excluding hydrogens is 458 g/mol. The van der Waals surface area contributed by atoms with Gasteiger partial charge in [0.15, 0.2) is 11.5 Å². The number of nitrogens with zero attached hydrogens (tertiary/aromatic N) is 1. The van der Waals surface area contributed by atoms with Gasteiger partial charge in [-0.25, -0.2) is 9.69 Å². The first-order valence-electron chi connectivity index (χ1n) is 11.1. The second-order valence-corrected chi connectivity index (χ2v) is 8.30. The molecule has 0 radical (unpaired) electrons. The van der Waals surface area contributed by atoms with Gasteiger partial charge >= 0.3 is 6.03 Å². The smallest absolute Gasteiger partial charge is 0.329 e. The molecule has 34 heavy (non-hydrogen) atoms. The molecule has 2 N–H and O–H groups in total. The highest BCUT2D eigenvalue weighted by molar-refractivity contribution is 6.32. The van der Waals surface area contributed by atoms with E-state index in [2.05, 4.69) is 10.6 Å². The van der Waals surface area contributed by atoms with Crippen LogP contribution < -0.4 is 20.1 Å². The van der Waals surface area contributed by atoms with Crippen LogP contribution in [0.15, 0.2) is 42.1 Å². The quantitative estimate of drug-likeness (QED) is 0.394. The van der Waals surface area contributed by atoms with Crippen LogP contribution in [0.5, 0.6) is 11.5 Å². The lowest BCUT2D eigenvalue weighted by Crippen LogP contribution is -2.38. The van der Waals surface area contributed by atoms with Gasteiger partial charge in [-0.05, 0) is 63.1 Å². The molecule has 4 amide bonds. The third-order valence-corrected chi connectivity index (χ3v) is 5.42. The Labute approximate surface area is 203 Å². The van der Waals surface area contributed by atoms with Crippen LogP contribution in [-0.2, 0) is 9.59 Å². The molecule has 9 heteroatoms. The summed E-state index contributed by atoms with van der Waals surface area (Å²) in [5, 5.41) is 5.51. The number of benzene rings is 2. The number of aryl methyl sites for hydroxylation is 1. The van der Waals surface area contributed by atoms with E-state index in [1.807, 2.05) is 39.8 Å². The molecule has 3 rings (SSSR count). The molecule has 1 fully saturated rings. The standard InChI is InChI=1S/C25H28ClN3O5/c1-5-16(4)34-23-19(26)11-17(13-21(23)33-6-2)12-20-24(31)29(25(32)28-20)14-22(30)27-18-9-7-15(3)8-10-18/h7-13,16H,5-6,14H2,1-4H3,(H,27,30)(H,28,32)/b20-12+. The number of urea groups is 1. The number of hydrogen-bond donors (Lipinski definition) is 2. The molecule has 180 valence electrons. The van der Waals surface area contributed by atoms with Crippen molar-refractivity contribution in [3.8, 4) is 11.5 Å². The predicted molar refractivity (Wildman–Crippen MR) is 131 cm³/mol. The van der Waals surface area contributed by atoms with E-state index in [0.29, 0.717) is 34.4 Å². The summed E-state index contributed by atoms with van der Waals surface area (Å²) in [5.41, 5.74) is 2.20. The lowest BCUT2D eigenvalue weighted by Gasteiger charge is -2.18. The van der Waals surface area contributed by atoms with Crippen LogP contribution in [0.4, 0.5) is 10.5 Å². The van der Waals surface area contributed by atoms with Crippen LogP contribution >= 0.6 is 11.6 Å². The summed E-state index contributed by atoms with van der Waals surface area (Å²) in [5.74, 6) is -0.232. The average molecular weight is 486 g/mol. The molecule has 1 heterocycles. The maximum absolute atomic E-state index is 12.8. The molecule has 1 aliphatic rings. The Kier molecular flexibility index (Phi) is 8.17. The Hall–Kier alpha value is -3.52. The van der Waals surface area contributed by atoms with Crippen molar-refractivity contribution >= 4 is 41.2 Å². The van der Waals surface area contributed by atoms with Crippen LogP contribution in [0, 0.1) is 6.92 Å². The number of anilines is 1. The van der Waals surface area contributed by atoms with Crippen molar-refractivity contribution in [2.75, 3.05) is 18.5 Å². The van der Waals surface area contributed by atoms with Gasteiger partial charge in [-0.1, -0.05) is 36.2 Å². The van der Waals surface area contributed by atoms with Gasteiger partial charge in [0.05, 0.1) is 17.7 Å². The minimum absolute atomic E-state index is 0.0299. The molecule has 1 aliphatic heterocycles. The Bertz CT molecular complexity index is 1110. The Morgan fingerprint density at radius 2 is 1.91 bits per heavy atom. The third kappa shape index (κ3) is 6.08.